The van der Waals surface area contributed by atoms with Crippen LogP contribution in [0.25, 0.3) is 0 Å². The fourth-order valence-corrected chi connectivity index (χ4v) is 2.39. The molecule has 1 aromatic carbocycles. The quantitative estimate of drug-likeness (QED) is 0.900. The van der Waals surface area contributed by atoms with Gasteiger partial charge in [-0.15, -0.1) is 0 Å². The Morgan fingerprint density at radius 3 is 2.33 bits per heavy atom. The van der Waals surface area contributed by atoms with Crippen molar-refractivity contribution in [2.45, 2.75) is 34.2 Å². The lowest BCUT2D eigenvalue weighted by Gasteiger charge is -2.29. The van der Waals surface area contributed by atoms with E-state index in [1.807, 2.05) is 0 Å². The van der Waals surface area contributed by atoms with Crippen LogP contribution in [-0.2, 0) is 11.3 Å². The van der Waals surface area contributed by atoms with Crippen LogP contribution < -0.4 is 10.2 Å². The molecule has 1 aliphatic heterocycles. The van der Waals surface area contributed by atoms with E-state index in [1.165, 1.54) is 11.3 Å². The zero-order valence-corrected chi connectivity index (χ0v) is 14.0. The van der Waals surface area contributed by atoms with Crippen molar-refractivity contribution in [1.29, 1.82) is 0 Å². The summed E-state index contributed by atoms with van der Waals surface area (Å²) < 4.78 is 5.40. The molecule has 1 unspecified atom stereocenters. The third kappa shape index (κ3) is 5.01. The van der Waals surface area contributed by atoms with E-state index < -0.39 is 0 Å². The third-order valence-electron chi connectivity index (χ3n) is 4.57. The molecule has 3 heteroatoms. The van der Waals surface area contributed by atoms with Gasteiger partial charge in [0, 0.05) is 25.3 Å². The van der Waals surface area contributed by atoms with Crippen LogP contribution in [0.4, 0.5) is 5.69 Å². The molecular formula is C18H30N2O. The molecule has 0 saturated carbocycles. The maximum atomic E-state index is 5.40. The topological polar surface area (TPSA) is 24.5 Å². The highest BCUT2D eigenvalue weighted by Gasteiger charge is 2.19. The Bertz CT molecular complexity index is 416. The summed E-state index contributed by atoms with van der Waals surface area (Å²) in [6.45, 7) is 14.9. The van der Waals surface area contributed by atoms with Crippen LogP contribution in [0.5, 0.6) is 0 Å². The van der Waals surface area contributed by atoms with Gasteiger partial charge < -0.3 is 15.0 Å². The smallest absolute Gasteiger partial charge is 0.0642 e. The van der Waals surface area contributed by atoms with Gasteiger partial charge in [0.25, 0.3) is 0 Å². The molecule has 118 valence electrons. The van der Waals surface area contributed by atoms with Crippen molar-refractivity contribution in [2.24, 2.45) is 11.3 Å². The van der Waals surface area contributed by atoms with E-state index in [2.05, 4.69) is 62.2 Å². The Kier molecular flexibility index (Phi) is 5.65. The lowest BCUT2D eigenvalue weighted by atomic mass is 9.82. The van der Waals surface area contributed by atoms with Crippen molar-refractivity contribution < 1.29 is 4.74 Å². The summed E-state index contributed by atoms with van der Waals surface area (Å²) >= 11 is 0. The number of hydrogen-bond acceptors (Lipinski definition) is 3. The molecule has 2 rings (SSSR count). The summed E-state index contributed by atoms with van der Waals surface area (Å²) in [4.78, 5) is 2.39. The van der Waals surface area contributed by atoms with E-state index in [-0.39, 0.29) is 0 Å². The minimum Gasteiger partial charge on any atom is -0.378 e. The van der Waals surface area contributed by atoms with E-state index in [0.29, 0.717) is 11.3 Å². The molecule has 0 aromatic heterocycles. The molecule has 1 aromatic rings. The van der Waals surface area contributed by atoms with Crippen LogP contribution in [0.15, 0.2) is 24.3 Å². The number of benzene rings is 1. The number of hydrogen-bond donors (Lipinski definition) is 1. The van der Waals surface area contributed by atoms with E-state index in [4.69, 9.17) is 4.74 Å². The standard InChI is InChI=1S/C18H30N2O/c1-15(18(2,3)4)13-19-14-16-5-7-17(8-6-16)20-9-11-21-12-10-20/h5-8,15,19H,9-14H2,1-4H3. The summed E-state index contributed by atoms with van der Waals surface area (Å²) in [5.41, 5.74) is 3.03. The van der Waals surface area contributed by atoms with Crippen LogP contribution in [0, 0.1) is 11.3 Å². The van der Waals surface area contributed by atoms with Gasteiger partial charge in [-0.1, -0.05) is 39.8 Å². The SMILES string of the molecule is CC(CNCc1ccc(N2CCOCC2)cc1)C(C)(C)C. The van der Waals surface area contributed by atoms with Crippen LogP contribution >= 0.6 is 0 Å². The van der Waals surface area contributed by atoms with Gasteiger partial charge in [-0.05, 0) is 35.6 Å². The largest absolute Gasteiger partial charge is 0.378 e. The van der Waals surface area contributed by atoms with E-state index in [0.717, 1.165) is 39.4 Å². The molecule has 0 spiro atoms. The predicted molar refractivity (Wildman–Crippen MR) is 89.8 cm³/mol. The van der Waals surface area contributed by atoms with Crippen LogP contribution in [0.3, 0.4) is 0 Å². The van der Waals surface area contributed by atoms with Gasteiger partial charge in [0.1, 0.15) is 0 Å². The number of ether oxygens (including phenoxy) is 1. The number of anilines is 1. The average Bonchev–Trinajstić information content (AvgIpc) is 2.48. The van der Waals surface area contributed by atoms with Crippen molar-refractivity contribution in [1.82, 2.24) is 5.32 Å². The highest BCUT2D eigenvalue weighted by molar-refractivity contribution is 5.47. The first-order chi connectivity index (χ1) is 9.97. The maximum Gasteiger partial charge on any atom is 0.0642 e. The molecule has 1 heterocycles. The Morgan fingerprint density at radius 1 is 1.14 bits per heavy atom. The van der Waals surface area contributed by atoms with Gasteiger partial charge in [0.05, 0.1) is 13.2 Å². The molecule has 0 aliphatic carbocycles. The Labute approximate surface area is 129 Å². The molecule has 1 fully saturated rings. The fourth-order valence-electron chi connectivity index (χ4n) is 2.39. The molecule has 0 radical (unpaired) electrons. The van der Waals surface area contributed by atoms with E-state index >= 15 is 0 Å². The van der Waals surface area contributed by atoms with Crippen molar-refractivity contribution in [2.75, 3.05) is 37.7 Å². The lowest BCUT2D eigenvalue weighted by Crippen LogP contribution is -2.36. The Balaban J connectivity index is 1.79. The first kappa shape index (κ1) is 16.3. The van der Waals surface area contributed by atoms with Gasteiger partial charge in [-0.25, -0.2) is 0 Å². The predicted octanol–water partition coefficient (Wildman–Crippen LogP) is 3.30. The lowest BCUT2D eigenvalue weighted by molar-refractivity contribution is 0.122. The summed E-state index contributed by atoms with van der Waals surface area (Å²) in [7, 11) is 0. The van der Waals surface area contributed by atoms with E-state index in [1.54, 1.807) is 0 Å². The van der Waals surface area contributed by atoms with Gasteiger partial charge in [-0.2, -0.15) is 0 Å². The molecular weight excluding hydrogens is 260 g/mol. The van der Waals surface area contributed by atoms with Crippen LogP contribution in [-0.4, -0.2) is 32.8 Å². The second kappa shape index (κ2) is 7.28. The molecule has 3 nitrogen and oxygen atoms in total. The highest BCUT2D eigenvalue weighted by Crippen LogP contribution is 2.24. The minimum absolute atomic E-state index is 0.368. The van der Waals surface area contributed by atoms with Crippen LogP contribution in [0.1, 0.15) is 33.3 Å². The second-order valence-electron chi connectivity index (χ2n) is 7.16. The fraction of sp³-hybridized carbons (Fsp3) is 0.667. The molecule has 1 atom stereocenters. The van der Waals surface area contributed by atoms with E-state index in [9.17, 15) is 0 Å². The first-order valence-corrected chi connectivity index (χ1v) is 8.09. The zero-order valence-electron chi connectivity index (χ0n) is 14.0. The van der Waals surface area contributed by atoms with Crippen molar-refractivity contribution >= 4 is 5.69 Å². The second-order valence-corrected chi connectivity index (χ2v) is 7.16. The normalized spacial score (nSPS) is 17.8. The van der Waals surface area contributed by atoms with Gasteiger partial charge >= 0.3 is 0 Å². The molecule has 1 N–H and O–H groups in total. The molecule has 1 saturated heterocycles. The molecule has 0 amide bonds. The van der Waals surface area contributed by atoms with Crippen LogP contribution in [0.2, 0.25) is 0 Å². The first-order valence-electron chi connectivity index (χ1n) is 8.09. The minimum atomic E-state index is 0.368. The van der Waals surface area contributed by atoms with Crippen molar-refractivity contribution in [3.8, 4) is 0 Å². The summed E-state index contributed by atoms with van der Waals surface area (Å²) in [6.07, 6.45) is 0. The number of nitrogens with one attached hydrogen (secondary N) is 1. The third-order valence-corrected chi connectivity index (χ3v) is 4.57. The summed E-state index contributed by atoms with van der Waals surface area (Å²) in [6, 6.07) is 8.93. The summed E-state index contributed by atoms with van der Waals surface area (Å²) in [5.74, 6) is 0.671. The van der Waals surface area contributed by atoms with Crippen molar-refractivity contribution in [3.05, 3.63) is 29.8 Å². The number of morpholine rings is 1. The Morgan fingerprint density at radius 2 is 1.76 bits per heavy atom. The molecule has 21 heavy (non-hydrogen) atoms. The van der Waals surface area contributed by atoms with Gasteiger partial charge in [0.15, 0.2) is 0 Å². The molecule has 1 aliphatic rings. The maximum absolute atomic E-state index is 5.40. The monoisotopic (exact) mass is 290 g/mol. The molecule has 0 bridgehead atoms. The van der Waals surface area contributed by atoms with Gasteiger partial charge in [0.2, 0.25) is 0 Å². The Hall–Kier alpha value is -1.06. The number of nitrogens with zero attached hydrogens (tertiary/aromatic N) is 1. The summed E-state index contributed by atoms with van der Waals surface area (Å²) in [5, 5.41) is 3.57. The average molecular weight is 290 g/mol. The zero-order chi connectivity index (χ0) is 15.3. The number of rotatable bonds is 5. The highest BCUT2D eigenvalue weighted by atomic mass is 16.5. The van der Waals surface area contributed by atoms with Crippen molar-refractivity contribution in [3.63, 3.8) is 0 Å². The van der Waals surface area contributed by atoms with Gasteiger partial charge in [-0.3, -0.25) is 0 Å².